The topological polar surface area (TPSA) is 48.5 Å². The lowest BCUT2D eigenvalue weighted by molar-refractivity contribution is 0.102. The monoisotopic (exact) mass is 534 g/mol. The van der Waals surface area contributed by atoms with E-state index in [-0.39, 0.29) is 11.1 Å². The van der Waals surface area contributed by atoms with Crippen LogP contribution in [-0.4, -0.2) is 48.5 Å². The van der Waals surface area contributed by atoms with E-state index in [0.29, 0.717) is 21.3 Å². The molecule has 1 aliphatic rings. The highest BCUT2D eigenvalue weighted by Gasteiger charge is 2.23. The van der Waals surface area contributed by atoms with Crippen molar-refractivity contribution in [1.29, 1.82) is 0 Å². The Labute approximate surface area is 218 Å². The third-order valence-corrected chi connectivity index (χ3v) is 6.79. The van der Waals surface area contributed by atoms with Crippen molar-refractivity contribution >= 4 is 69.8 Å². The minimum atomic E-state index is -0.296. The Bertz CT molecular complexity index is 1190. The number of halogens is 4. The summed E-state index contributed by atoms with van der Waals surface area (Å²) in [5.41, 5.74) is 2.85. The second-order valence-corrected chi connectivity index (χ2v) is 9.43. The van der Waals surface area contributed by atoms with Gasteiger partial charge in [0.05, 0.1) is 21.4 Å². The van der Waals surface area contributed by atoms with Crippen LogP contribution in [0.15, 0.2) is 60.8 Å². The summed E-state index contributed by atoms with van der Waals surface area (Å²) >= 11 is 24.8. The summed E-state index contributed by atoms with van der Waals surface area (Å²) in [4.78, 5) is 21.2. The SMILES string of the molecule is O=C(Nc1ccc(Cl)c(Cl)c1N1CCN(CC=Cc2ccc(Cl)cc2)CC1)c1ccnc(Cl)c1. The zero-order valence-electron chi connectivity index (χ0n) is 18.1. The van der Waals surface area contributed by atoms with E-state index in [9.17, 15) is 4.79 Å². The smallest absolute Gasteiger partial charge is 0.255 e. The molecule has 0 radical (unpaired) electrons. The fraction of sp³-hybridized carbons (Fsp3) is 0.200. The normalized spacial score (nSPS) is 14.5. The standard InChI is InChI=1S/C25H22Cl4N4O/c26-19-5-3-17(4-6-19)2-1-11-32-12-14-33(15-13-32)24-21(8-7-20(27)23(24)29)31-25(34)18-9-10-30-22(28)16-18/h1-10,16H,11-15H2,(H,31,34). The van der Waals surface area contributed by atoms with Crippen molar-refractivity contribution in [3.05, 3.63) is 92.2 Å². The minimum absolute atomic E-state index is 0.253. The molecule has 1 N–H and O–H groups in total. The number of pyridine rings is 1. The van der Waals surface area contributed by atoms with E-state index in [0.717, 1.165) is 49.0 Å². The molecule has 0 bridgehead atoms. The number of hydrogen-bond acceptors (Lipinski definition) is 4. The van der Waals surface area contributed by atoms with Gasteiger partial charge >= 0.3 is 0 Å². The molecule has 9 heteroatoms. The molecule has 0 unspecified atom stereocenters. The first-order chi connectivity index (χ1) is 16.4. The summed E-state index contributed by atoms with van der Waals surface area (Å²) in [5.74, 6) is -0.296. The molecule has 34 heavy (non-hydrogen) atoms. The molecule has 0 saturated carbocycles. The number of nitrogens with one attached hydrogen (secondary N) is 1. The van der Waals surface area contributed by atoms with Gasteiger partial charge in [-0.1, -0.05) is 70.7 Å². The fourth-order valence-corrected chi connectivity index (χ4v) is 4.49. The lowest BCUT2D eigenvalue weighted by Gasteiger charge is -2.37. The van der Waals surface area contributed by atoms with Crippen LogP contribution in [0, 0.1) is 0 Å². The van der Waals surface area contributed by atoms with Gasteiger partial charge in [-0.15, -0.1) is 0 Å². The van der Waals surface area contributed by atoms with E-state index in [2.05, 4.69) is 32.3 Å². The number of benzene rings is 2. The number of piperazine rings is 1. The Hall–Kier alpha value is -2.28. The number of carbonyl (C=O) groups is 1. The van der Waals surface area contributed by atoms with Crippen molar-refractivity contribution in [3.8, 4) is 0 Å². The molecule has 3 aromatic rings. The molecule has 0 aliphatic carbocycles. The van der Waals surface area contributed by atoms with Crippen molar-refractivity contribution in [2.24, 2.45) is 0 Å². The van der Waals surface area contributed by atoms with Crippen molar-refractivity contribution in [3.63, 3.8) is 0 Å². The van der Waals surface area contributed by atoms with E-state index in [1.54, 1.807) is 18.2 Å². The molecular formula is C25H22Cl4N4O. The molecule has 1 amide bonds. The third-order valence-electron chi connectivity index (χ3n) is 5.54. The van der Waals surface area contributed by atoms with Crippen LogP contribution in [0.2, 0.25) is 20.2 Å². The van der Waals surface area contributed by atoms with Crippen molar-refractivity contribution in [1.82, 2.24) is 9.88 Å². The fourth-order valence-electron chi connectivity index (χ4n) is 3.75. The van der Waals surface area contributed by atoms with Gasteiger partial charge in [-0.3, -0.25) is 9.69 Å². The van der Waals surface area contributed by atoms with Crippen molar-refractivity contribution < 1.29 is 4.79 Å². The largest absolute Gasteiger partial charge is 0.366 e. The molecule has 5 nitrogen and oxygen atoms in total. The Morgan fingerprint density at radius 1 is 0.971 bits per heavy atom. The Balaban J connectivity index is 1.42. The van der Waals surface area contributed by atoms with Crippen LogP contribution < -0.4 is 10.2 Å². The second-order valence-electron chi connectivity index (χ2n) is 7.82. The number of aromatic nitrogens is 1. The lowest BCUT2D eigenvalue weighted by atomic mass is 10.2. The van der Waals surface area contributed by atoms with E-state index in [1.807, 2.05) is 24.3 Å². The molecule has 1 aliphatic heterocycles. The van der Waals surface area contributed by atoms with Crippen molar-refractivity contribution in [2.75, 3.05) is 42.9 Å². The first kappa shape index (κ1) is 24.8. The van der Waals surface area contributed by atoms with Crippen LogP contribution in [0.1, 0.15) is 15.9 Å². The van der Waals surface area contributed by atoms with Gasteiger partial charge in [-0.05, 0) is 42.0 Å². The lowest BCUT2D eigenvalue weighted by Crippen LogP contribution is -2.46. The average molecular weight is 536 g/mol. The predicted octanol–water partition coefficient (Wildman–Crippen LogP) is 6.78. The molecule has 0 atom stereocenters. The Morgan fingerprint density at radius 2 is 1.71 bits per heavy atom. The maximum atomic E-state index is 12.8. The maximum absolute atomic E-state index is 12.8. The van der Waals surface area contributed by atoms with E-state index in [4.69, 9.17) is 46.4 Å². The van der Waals surface area contributed by atoms with Crippen LogP contribution in [0.3, 0.4) is 0 Å². The Kier molecular flexibility index (Phi) is 8.35. The summed E-state index contributed by atoms with van der Waals surface area (Å²) < 4.78 is 0. The van der Waals surface area contributed by atoms with Gasteiger partial charge in [0.15, 0.2) is 0 Å². The molecule has 2 heterocycles. The molecule has 0 spiro atoms. The maximum Gasteiger partial charge on any atom is 0.255 e. The summed E-state index contributed by atoms with van der Waals surface area (Å²) in [6.45, 7) is 4.03. The van der Waals surface area contributed by atoms with Crippen LogP contribution in [0.5, 0.6) is 0 Å². The molecule has 1 fully saturated rings. The minimum Gasteiger partial charge on any atom is -0.366 e. The zero-order valence-corrected chi connectivity index (χ0v) is 21.2. The number of carbonyl (C=O) groups excluding carboxylic acids is 1. The Morgan fingerprint density at radius 3 is 2.41 bits per heavy atom. The van der Waals surface area contributed by atoms with Gasteiger partial charge in [0.25, 0.3) is 5.91 Å². The van der Waals surface area contributed by atoms with Crippen LogP contribution in [0.25, 0.3) is 6.08 Å². The average Bonchev–Trinajstić information content (AvgIpc) is 2.83. The molecule has 1 saturated heterocycles. The third kappa shape index (κ3) is 6.23. The summed E-state index contributed by atoms with van der Waals surface area (Å²) in [6.07, 6.45) is 5.74. The number of nitrogens with zero attached hydrogens (tertiary/aromatic N) is 3. The quantitative estimate of drug-likeness (QED) is 0.353. The zero-order chi connectivity index (χ0) is 24.1. The number of rotatable bonds is 6. The van der Waals surface area contributed by atoms with Gasteiger partial charge in [0.2, 0.25) is 0 Å². The molecule has 1 aromatic heterocycles. The highest BCUT2D eigenvalue weighted by molar-refractivity contribution is 6.44. The van der Waals surface area contributed by atoms with Gasteiger partial charge in [0, 0.05) is 49.5 Å². The van der Waals surface area contributed by atoms with Crippen LogP contribution >= 0.6 is 46.4 Å². The van der Waals surface area contributed by atoms with Crippen LogP contribution in [0.4, 0.5) is 11.4 Å². The van der Waals surface area contributed by atoms with Gasteiger partial charge in [0.1, 0.15) is 5.15 Å². The molecule has 176 valence electrons. The predicted molar refractivity (Wildman–Crippen MR) is 143 cm³/mol. The van der Waals surface area contributed by atoms with E-state index < -0.39 is 0 Å². The molecular weight excluding hydrogens is 514 g/mol. The van der Waals surface area contributed by atoms with E-state index >= 15 is 0 Å². The van der Waals surface area contributed by atoms with Gasteiger partial charge < -0.3 is 10.2 Å². The highest BCUT2D eigenvalue weighted by atomic mass is 35.5. The van der Waals surface area contributed by atoms with Gasteiger partial charge in [-0.25, -0.2) is 4.98 Å². The molecule has 2 aromatic carbocycles. The first-order valence-corrected chi connectivity index (χ1v) is 12.2. The number of amides is 1. The first-order valence-electron chi connectivity index (χ1n) is 10.7. The number of hydrogen-bond donors (Lipinski definition) is 1. The summed E-state index contributed by atoms with van der Waals surface area (Å²) in [6, 6.07) is 14.3. The summed E-state index contributed by atoms with van der Waals surface area (Å²) in [5, 5.41) is 4.78. The van der Waals surface area contributed by atoms with Crippen molar-refractivity contribution in [2.45, 2.75) is 0 Å². The van der Waals surface area contributed by atoms with Crippen LogP contribution in [-0.2, 0) is 0 Å². The summed E-state index contributed by atoms with van der Waals surface area (Å²) in [7, 11) is 0. The second kappa shape index (κ2) is 11.4. The molecule has 4 rings (SSSR count). The number of anilines is 2. The van der Waals surface area contributed by atoms with E-state index in [1.165, 1.54) is 12.3 Å². The highest BCUT2D eigenvalue weighted by Crippen LogP contribution is 2.39. The van der Waals surface area contributed by atoms with Gasteiger partial charge in [-0.2, -0.15) is 0 Å².